The van der Waals surface area contributed by atoms with Gasteiger partial charge in [-0.25, -0.2) is 4.79 Å². The number of hydrogen-bond donors (Lipinski definition) is 2. The first-order chi connectivity index (χ1) is 11.1. The lowest BCUT2D eigenvalue weighted by Crippen LogP contribution is -2.42. The maximum absolute atomic E-state index is 12.1. The lowest BCUT2D eigenvalue weighted by Gasteiger charge is -2.16. The Morgan fingerprint density at radius 2 is 1.96 bits per heavy atom. The molecule has 0 saturated carbocycles. The average molecular weight is 347 g/mol. The standard InChI is InChI=1S/C16H20F3NO4/c1-10(2)6-13(15(22)23)20-14(21)8-11-4-3-5-12(7-11)24-9-16(17,18)19/h3-5,7,10,13H,6,8-9H2,1-2H3,(H,20,21)(H,22,23). The first-order valence-corrected chi connectivity index (χ1v) is 7.37. The van der Waals surface area contributed by atoms with Gasteiger partial charge in [-0.15, -0.1) is 0 Å². The van der Waals surface area contributed by atoms with E-state index in [9.17, 15) is 22.8 Å². The second-order valence-corrected chi connectivity index (χ2v) is 5.82. The molecular formula is C16H20F3NO4. The molecular weight excluding hydrogens is 327 g/mol. The van der Waals surface area contributed by atoms with Crippen molar-refractivity contribution in [1.82, 2.24) is 5.32 Å². The molecule has 1 aromatic rings. The lowest BCUT2D eigenvalue weighted by molar-refractivity contribution is -0.153. The zero-order chi connectivity index (χ0) is 18.3. The van der Waals surface area contributed by atoms with Crippen LogP contribution in [-0.4, -0.2) is 35.8 Å². The van der Waals surface area contributed by atoms with E-state index in [1.807, 2.05) is 13.8 Å². The Kier molecular flexibility index (Phi) is 7.06. The van der Waals surface area contributed by atoms with Crippen LogP contribution in [0.5, 0.6) is 5.75 Å². The number of hydrogen-bond acceptors (Lipinski definition) is 3. The number of nitrogens with one attached hydrogen (secondary N) is 1. The summed E-state index contributed by atoms with van der Waals surface area (Å²) in [6, 6.07) is 4.70. The molecule has 0 aliphatic carbocycles. The minimum Gasteiger partial charge on any atom is -0.484 e. The van der Waals surface area contributed by atoms with E-state index in [0.29, 0.717) is 5.56 Å². The highest BCUT2D eigenvalue weighted by molar-refractivity contribution is 5.84. The third-order valence-corrected chi connectivity index (χ3v) is 3.01. The Hall–Kier alpha value is -2.25. The smallest absolute Gasteiger partial charge is 0.422 e. The van der Waals surface area contributed by atoms with Crippen molar-refractivity contribution in [3.05, 3.63) is 29.8 Å². The fourth-order valence-electron chi connectivity index (χ4n) is 2.03. The van der Waals surface area contributed by atoms with E-state index < -0.39 is 30.7 Å². The highest BCUT2D eigenvalue weighted by Crippen LogP contribution is 2.19. The predicted molar refractivity (Wildman–Crippen MR) is 80.7 cm³/mol. The number of aliphatic carboxylic acids is 1. The predicted octanol–water partition coefficient (Wildman–Crippen LogP) is 2.79. The molecule has 0 aliphatic heterocycles. The van der Waals surface area contributed by atoms with E-state index in [2.05, 4.69) is 10.1 Å². The van der Waals surface area contributed by atoms with Crippen molar-refractivity contribution < 1.29 is 32.6 Å². The first-order valence-electron chi connectivity index (χ1n) is 7.37. The Morgan fingerprint density at radius 3 is 2.50 bits per heavy atom. The summed E-state index contributed by atoms with van der Waals surface area (Å²) >= 11 is 0. The van der Waals surface area contributed by atoms with E-state index in [4.69, 9.17) is 5.11 Å². The molecule has 8 heteroatoms. The number of carboxylic acid groups (broad SMARTS) is 1. The maximum atomic E-state index is 12.1. The van der Waals surface area contributed by atoms with Crippen LogP contribution in [0.4, 0.5) is 13.2 Å². The normalized spacial score (nSPS) is 12.8. The molecule has 1 amide bonds. The van der Waals surface area contributed by atoms with Gasteiger partial charge in [0.2, 0.25) is 5.91 Å². The van der Waals surface area contributed by atoms with E-state index in [1.165, 1.54) is 18.2 Å². The van der Waals surface area contributed by atoms with Gasteiger partial charge in [-0.2, -0.15) is 13.2 Å². The van der Waals surface area contributed by atoms with Gasteiger partial charge in [-0.3, -0.25) is 4.79 Å². The largest absolute Gasteiger partial charge is 0.484 e. The van der Waals surface area contributed by atoms with Gasteiger partial charge in [0.05, 0.1) is 6.42 Å². The molecule has 1 atom stereocenters. The van der Waals surface area contributed by atoms with Crippen LogP contribution in [0.25, 0.3) is 0 Å². The minimum absolute atomic E-state index is 0.00501. The zero-order valence-corrected chi connectivity index (χ0v) is 13.4. The number of carboxylic acids is 1. The topological polar surface area (TPSA) is 75.6 Å². The Labute approximate surface area is 137 Å². The Balaban J connectivity index is 2.64. The highest BCUT2D eigenvalue weighted by atomic mass is 19.4. The number of amides is 1. The molecule has 0 fully saturated rings. The van der Waals surface area contributed by atoms with Gasteiger partial charge in [0, 0.05) is 0 Å². The summed E-state index contributed by atoms with van der Waals surface area (Å²) in [4.78, 5) is 23.1. The molecule has 1 aromatic carbocycles. The lowest BCUT2D eigenvalue weighted by atomic mass is 10.0. The number of benzene rings is 1. The number of alkyl halides is 3. The van der Waals surface area contributed by atoms with E-state index in [0.717, 1.165) is 0 Å². The Bertz CT molecular complexity index is 573. The fourth-order valence-corrected chi connectivity index (χ4v) is 2.03. The van der Waals surface area contributed by atoms with Crippen LogP contribution in [0.2, 0.25) is 0 Å². The molecule has 0 saturated heterocycles. The quantitative estimate of drug-likeness (QED) is 0.758. The molecule has 0 spiro atoms. The van der Waals surface area contributed by atoms with Crippen molar-refractivity contribution in [2.45, 2.75) is 38.9 Å². The summed E-state index contributed by atoms with van der Waals surface area (Å²) in [5.41, 5.74) is 0.431. The number of carbonyl (C=O) groups excluding carboxylic acids is 1. The maximum Gasteiger partial charge on any atom is 0.422 e. The van der Waals surface area contributed by atoms with Crippen molar-refractivity contribution >= 4 is 11.9 Å². The van der Waals surface area contributed by atoms with Crippen molar-refractivity contribution in [1.29, 1.82) is 0 Å². The molecule has 0 heterocycles. The molecule has 0 bridgehead atoms. The van der Waals surface area contributed by atoms with Gasteiger partial charge in [0.15, 0.2) is 6.61 Å². The van der Waals surface area contributed by atoms with E-state index in [1.54, 1.807) is 6.07 Å². The summed E-state index contributed by atoms with van der Waals surface area (Å²) in [6.45, 7) is 2.26. The van der Waals surface area contributed by atoms with Crippen molar-refractivity contribution in [2.24, 2.45) is 5.92 Å². The summed E-state index contributed by atoms with van der Waals surface area (Å²) < 4.78 is 41.0. The van der Waals surface area contributed by atoms with Crippen LogP contribution < -0.4 is 10.1 Å². The average Bonchev–Trinajstić information content (AvgIpc) is 2.43. The van der Waals surface area contributed by atoms with Crippen LogP contribution in [0, 0.1) is 5.92 Å². The van der Waals surface area contributed by atoms with Crippen LogP contribution in [0.1, 0.15) is 25.8 Å². The third-order valence-electron chi connectivity index (χ3n) is 3.01. The van der Waals surface area contributed by atoms with Crippen LogP contribution in [0.15, 0.2) is 24.3 Å². The number of carbonyl (C=O) groups is 2. The second kappa shape index (κ2) is 8.56. The molecule has 0 radical (unpaired) electrons. The highest BCUT2D eigenvalue weighted by Gasteiger charge is 2.28. The number of rotatable bonds is 8. The molecule has 1 rings (SSSR count). The second-order valence-electron chi connectivity index (χ2n) is 5.82. The number of halogens is 3. The van der Waals surface area contributed by atoms with Gasteiger partial charge in [-0.05, 0) is 30.0 Å². The first kappa shape index (κ1) is 19.8. The van der Waals surface area contributed by atoms with Gasteiger partial charge >= 0.3 is 12.1 Å². The van der Waals surface area contributed by atoms with E-state index >= 15 is 0 Å². The summed E-state index contributed by atoms with van der Waals surface area (Å²) in [5, 5.41) is 11.5. The van der Waals surface area contributed by atoms with Crippen LogP contribution in [0.3, 0.4) is 0 Å². The molecule has 2 N–H and O–H groups in total. The molecule has 24 heavy (non-hydrogen) atoms. The number of ether oxygens (including phenoxy) is 1. The summed E-state index contributed by atoms with van der Waals surface area (Å²) in [5.74, 6) is -1.56. The van der Waals surface area contributed by atoms with Gasteiger partial charge in [0.25, 0.3) is 0 Å². The van der Waals surface area contributed by atoms with Crippen LogP contribution >= 0.6 is 0 Å². The van der Waals surface area contributed by atoms with Crippen molar-refractivity contribution in [3.63, 3.8) is 0 Å². The summed E-state index contributed by atoms with van der Waals surface area (Å²) in [7, 11) is 0. The van der Waals surface area contributed by atoms with Crippen molar-refractivity contribution in [2.75, 3.05) is 6.61 Å². The van der Waals surface area contributed by atoms with Gasteiger partial charge in [0.1, 0.15) is 11.8 Å². The molecule has 0 aliphatic rings. The third kappa shape index (κ3) is 7.85. The molecule has 0 aromatic heterocycles. The molecule has 134 valence electrons. The molecule has 5 nitrogen and oxygen atoms in total. The van der Waals surface area contributed by atoms with E-state index in [-0.39, 0.29) is 24.5 Å². The van der Waals surface area contributed by atoms with Crippen molar-refractivity contribution in [3.8, 4) is 5.75 Å². The summed E-state index contributed by atoms with van der Waals surface area (Å²) in [6.07, 6.45) is -4.31. The van der Waals surface area contributed by atoms with Gasteiger partial charge < -0.3 is 15.2 Å². The fraction of sp³-hybridized carbons (Fsp3) is 0.500. The Morgan fingerprint density at radius 1 is 1.29 bits per heavy atom. The zero-order valence-electron chi connectivity index (χ0n) is 13.4. The SMILES string of the molecule is CC(C)CC(NC(=O)Cc1cccc(OCC(F)(F)F)c1)C(=O)O. The molecule has 1 unspecified atom stereocenters. The minimum atomic E-state index is -4.45. The van der Waals surface area contributed by atoms with Crippen LogP contribution in [-0.2, 0) is 16.0 Å². The van der Waals surface area contributed by atoms with Gasteiger partial charge in [-0.1, -0.05) is 26.0 Å². The monoisotopic (exact) mass is 347 g/mol.